The van der Waals surface area contributed by atoms with Crippen LogP contribution < -0.4 is 10.2 Å². The number of aromatic nitrogens is 1. The molecule has 0 spiro atoms. The van der Waals surface area contributed by atoms with Gasteiger partial charge in [-0.2, -0.15) is 0 Å². The van der Waals surface area contributed by atoms with Gasteiger partial charge in [-0.15, -0.1) is 0 Å². The molecular weight excluding hydrogens is 210 g/mol. The molecule has 0 radical (unpaired) electrons. The zero-order valence-electron chi connectivity index (χ0n) is 8.49. The van der Waals surface area contributed by atoms with Gasteiger partial charge in [-0.25, -0.2) is 0 Å². The van der Waals surface area contributed by atoms with Gasteiger partial charge < -0.3 is 10.2 Å². The van der Waals surface area contributed by atoms with E-state index in [1.807, 2.05) is 12.3 Å². The fourth-order valence-electron chi connectivity index (χ4n) is 2.62. The standard InChI is InChI=1S/C11H14ClN3/c12-9-2-11(5-13-4-9)15-6-8-1-10(7-15)14-3-8/h2,4-5,8,10,14H,1,3,6-7H2. The van der Waals surface area contributed by atoms with E-state index in [9.17, 15) is 0 Å². The number of anilines is 1. The molecule has 2 aliphatic rings. The van der Waals surface area contributed by atoms with Crippen LogP contribution >= 0.6 is 11.6 Å². The monoisotopic (exact) mass is 223 g/mol. The molecule has 0 aliphatic carbocycles. The number of piperidine rings is 1. The second kappa shape index (κ2) is 3.65. The Morgan fingerprint density at radius 3 is 3.13 bits per heavy atom. The van der Waals surface area contributed by atoms with Crippen molar-refractivity contribution in [3.63, 3.8) is 0 Å². The van der Waals surface area contributed by atoms with Crippen LogP contribution in [0.15, 0.2) is 18.5 Å². The lowest BCUT2D eigenvalue weighted by Crippen LogP contribution is -2.41. The van der Waals surface area contributed by atoms with E-state index in [1.165, 1.54) is 6.42 Å². The lowest BCUT2D eigenvalue weighted by Gasteiger charge is -2.32. The Labute approximate surface area is 94.4 Å². The summed E-state index contributed by atoms with van der Waals surface area (Å²) < 4.78 is 0. The molecule has 0 saturated carbocycles. The maximum absolute atomic E-state index is 5.95. The van der Waals surface area contributed by atoms with Crippen molar-refractivity contribution >= 4 is 17.3 Å². The third-order valence-electron chi connectivity index (χ3n) is 3.29. The summed E-state index contributed by atoms with van der Waals surface area (Å²) in [4.78, 5) is 6.52. The lowest BCUT2D eigenvalue weighted by atomic mass is 10.00. The topological polar surface area (TPSA) is 28.2 Å². The van der Waals surface area contributed by atoms with Crippen molar-refractivity contribution in [3.05, 3.63) is 23.5 Å². The summed E-state index contributed by atoms with van der Waals surface area (Å²) in [6, 6.07) is 2.65. The normalized spacial score (nSPS) is 29.5. The van der Waals surface area contributed by atoms with Crippen LogP contribution in [0.2, 0.25) is 5.02 Å². The first-order chi connectivity index (χ1) is 7.31. The van der Waals surface area contributed by atoms with Gasteiger partial charge in [0.25, 0.3) is 0 Å². The number of fused-ring (bicyclic) bond motifs is 2. The number of pyridine rings is 1. The van der Waals surface area contributed by atoms with E-state index in [0.717, 1.165) is 36.3 Å². The molecular formula is C11H14ClN3. The van der Waals surface area contributed by atoms with Gasteiger partial charge in [-0.05, 0) is 18.4 Å². The average molecular weight is 224 g/mol. The Kier molecular flexibility index (Phi) is 2.29. The van der Waals surface area contributed by atoms with Crippen molar-refractivity contribution in [2.75, 3.05) is 24.5 Å². The van der Waals surface area contributed by atoms with Gasteiger partial charge in [-0.3, -0.25) is 4.98 Å². The second-order valence-corrected chi connectivity index (χ2v) is 4.91. The van der Waals surface area contributed by atoms with Gasteiger partial charge in [0, 0.05) is 31.9 Å². The Balaban J connectivity index is 1.83. The van der Waals surface area contributed by atoms with Gasteiger partial charge >= 0.3 is 0 Å². The van der Waals surface area contributed by atoms with Gasteiger partial charge in [0.05, 0.1) is 16.9 Å². The van der Waals surface area contributed by atoms with Crippen molar-refractivity contribution in [2.24, 2.45) is 5.92 Å². The van der Waals surface area contributed by atoms with E-state index in [2.05, 4.69) is 15.2 Å². The molecule has 1 aromatic rings. The summed E-state index contributed by atoms with van der Waals surface area (Å²) >= 11 is 5.95. The van der Waals surface area contributed by atoms with Crippen molar-refractivity contribution < 1.29 is 0 Å². The fraction of sp³-hybridized carbons (Fsp3) is 0.545. The summed E-state index contributed by atoms with van der Waals surface area (Å²) in [5.74, 6) is 0.794. The minimum Gasteiger partial charge on any atom is -0.368 e. The van der Waals surface area contributed by atoms with Crippen LogP contribution in [0.3, 0.4) is 0 Å². The zero-order valence-corrected chi connectivity index (χ0v) is 9.24. The fourth-order valence-corrected chi connectivity index (χ4v) is 2.79. The SMILES string of the molecule is Clc1cncc(N2CC3CNC(C3)C2)c1. The van der Waals surface area contributed by atoms with Crippen LogP contribution in [0, 0.1) is 5.92 Å². The number of hydrogen-bond acceptors (Lipinski definition) is 3. The van der Waals surface area contributed by atoms with Gasteiger partial charge in [-0.1, -0.05) is 11.6 Å². The molecule has 3 rings (SSSR count). The predicted molar refractivity (Wildman–Crippen MR) is 61.4 cm³/mol. The quantitative estimate of drug-likeness (QED) is 0.783. The Morgan fingerprint density at radius 2 is 2.33 bits per heavy atom. The lowest BCUT2D eigenvalue weighted by molar-refractivity contribution is 0.474. The molecule has 2 aliphatic heterocycles. The summed E-state index contributed by atoms with van der Waals surface area (Å²) in [5.41, 5.74) is 1.15. The first-order valence-corrected chi connectivity index (χ1v) is 5.78. The molecule has 3 heterocycles. The Bertz CT molecular complexity index is 357. The van der Waals surface area contributed by atoms with Crippen molar-refractivity contribution in [1.29, 1.82) is 0 Å². The van der Waals surface area contributed by atoms with E-state index in [1.54, 1.807) is 6.20 Å². The molecule has 15 heavy (non-hydrogen) atoms. The van der Waals surface area contributed by atoms with E-state index < -0.39 is 0 Å². The first kappa shape index (κ1) is 9.43. The van der Waals surface area contributed by atoms with Crippen LogP contribution in [0.25, 0.3) is 0 Å². The smallest absolute Gasteiger partial charge is 0.0609 e. The first-order valence-electron chi connectivity index (χ1n) is 5.40. The summed E-state index contributed by atoms with van der Waals surface area (Å²) in [6.07, 6.45) is 4.91. The van der Waals surface area contributed by atoms with Crippen molar-refractivity contribution in [2.45, 2.75) is 12.5 Å². The van der Waals surface area contributed by atoms with Crippen molar-refractivity contribution in [3.8, 4) is 0 Å². The third-order valence-corrected chi connectivity index (χ3v) is 3.49. The van der Waals surface area contributed by atoms with Crippen LogP contribution in [0.1, 0.15) is 6.42 Å². The number of nitrogens with zero attached hydrogens (tertiary/aromatic N) is 2. The molecule has 2 fully saturated rings. The van der Waals surface area contributed by atoms with Crippen LogP contribution in [-0.4, -0.2) is 30.7 Å². The molecule has 4 heteroatoms. The maximum Gasteiger partial charge on any atom is 0.0609 e. The Morgan fingerprint density at radius 1 is 1.40 bits per heavy atom. The minimum atomic E-state index is 0.655. The summed E-state index contributed by atoms with van der Waals surface area (Å²) in [6.45, 7) is 3.37. The molecule has 0 amide bonds. The highest BCUT2D eigenvalue weighted by atomic mass is 35.5. The average Bonchev–Trinajstić information content (AvgIpc) is 2.58. The highest BCUT2D eigenvalue weighted by Crippen LogP contribution is 2.27. The van der Waals surface area contributed by atoms with E-state index in [4.69, 9.17) is 11.6 Å². The highest BCUT2D eigenvalue weighted by molar-refractivity contribution is 6.30. The number of hydrogen-bond donors (Lipinski definition) is 1. The number of halogens is 1. The predicted octanol–water partition coefficient (Wildman–Crippen LogP) is 1.53. The maximum atomic E-state index is 5.95. The molecule has 2 saturated heterocycles. The van der Waals surface area contributed by atoms with E-state index in [0.29, 0.717) is 6.04 Å². The van der Waals surface area contributed by atoms with Crippen LogP contribution in [0.4, 0.5) is 5.69 Å². The second-order valence-electron chi connectivity index (χ2n) is 4.47. The number of nitrogens with one attached hydrogen (secondary N) is 1. The molecule has 2 unspecified atom stereocenters. The molecule has 80 valence electrons. The largest absolute Gasteiger partial charge is 0.368 e. The molecule has 1 aromatic heterocycles. The zero-order chi connectivity index (χ0) is 10.3. The minimum absolute atomic E-state index is 0.655. The van der Waals surface area contributed by atoms with Crippen molar-refractivity contribution in [1.82, 2.24) is 10.3 Å². The van der Waals surface area contributed by atoms with Gasteiger partial charge in [0.1, 0.15) is 0 Å². The highest BCUT2D eigenvalue weighted by Gasteiger charge is 2.32. The van der Waals surface area contributed by atoms with E-state index in [-0.39, 0.29) is 0 Å². The van der Waals surface area contributed by atoms with Gasteiger partial charge in [0.15, 0.2) is 0 Å². The number of rotatable bonds is 1. The molecule has 2 atom stereocenters. The van der Waals surface area contributed by atoms with Crippen LogP contribution in [0.5, 0.6) is 0 Å². The van der Waals surface area contributed by atoms with Crippen LogP contribution in [-0.2, 0) is 0 Å². The summed E-state index contributed by atoms with van der Waals surface area (Å²) in [5, 5.41) is 4.26. The Hall–Kier alpha value is -0.800. The van der Waals surface area contributed by atoms with Gasteiger partial charge in [0.2, 0.25) is 0 Å². The summed E-state index contributed by atoms with van der Waals surface area (Å²) in [7, 11) is 0. The molecule has 2 bridgehead atoms. The molecule has 1 N–H and O–H groups in total. The third kappa shape index (κ3) is 1.82. The molecule has 0 aromatic carbocycles. The van der Waals surface area contributed by atoms with E-state index >= 15 is 0 Å². The molecule has 3 nitrogen and oxygen atoms in total.